The summed E-state index contributed by atoms with van der Waals surface area (Å²) >= 11 is 0. The van der Waals surface area contributed by atoms with E-state index in [9.17, 15) is 14.4 Å². The highest BCUT2D eigenvalue weighted by Crippen LogP contribution is 2.20. The molecule has 0 saturated heterocycles. The van der Waals surface area contributed by atoms with Gasteiger partial charge in [-0.2, -0.15) is 5.10 Å². The van der Waals surface area contributed by atoms with Crippen molar-refractivity contribution in [3.8, 4) is 11.4 Å². The van der Waals surface area contributed by atoms with E-state index >= 15 is 0 Å². The van der Waals surface area contributed by atoms with Gasteiger partial charge in [0, 0.05) is 34.4 Å². The van der Waals surface area contributed by atoms with Crippen LogP contribution in [0.2, 0.25) is 0 Å². The Balaban J connectivity index is 1.67. The summed E-state index contributed by atoms with van der Waals surface area (Å²) in [5.74, 6) is -2.22. The zero-order chi connectivity index (χ0) is 23.3. The van der Waals surface area contributed by atoms with Crippen LogP contribution < -0.4 is 15.5 Å². The lowest BCUT2D eigenvalue weighted by atomic mass is 10.2. The third-order valence-corrected chi connectivity index (χ3v) is 4.75. The number of amides is 2. The first-order chi connectivity index (χ1) is 15.3. The maximum atomic E-state index is 12.1. The first-order valence-electron chi connectivity index (χ1n) is 9.61. The van der Waals surface area contributed by atoms with Crippen molar-refractivity contribution in [1.82, 2.24) is 9.99 Å². The number of nitrogens with zero attached hydrogens (tertiary/aromatic N) is 2. The quantitative estimate of drug-likeness (QED) is 0.313. The summed E-state index contributed by atoms with van der Waals surface area (Å²) in [5.41, 5.74) is 6.10. The van der Waals surface area contributed by atoms with E-state index in [1.807, 2.05) is 24.5 Å². The molecule has 1 heterocycles. The maximum absolute atomic E-state index is 12.1. The Kier molecular flexibility index (Phi) is 6.69. The van der Waals surface area contributed by atoms with Crippen molar-refractivity contribution in [3.63, 3.8) is 0 Å². The molecule has 0 aliphatic heterocycles. The van der Waals surface area contributed by atoms with E-state index in [2.05, 4.69) is 15.8 Å². The van der Waals surface area contributed by atoms with Gasteiger partial charge >= 0.3 is 17.8 Å². The Morgan fingerprint density at radius 1 is 1.03 bits per heavy atom. The van der Waals surface area contributed by atoms with Crippen LogP contribution in [0.1, 0.15) is 27.3 Å². The number of hydrazone groups is 1. The first kappa shape index (κ1) is 22.3. The monoisotopic (exact) mass is 434 g/mol. The van der Waals surface area contributed by atoms with Crippen molar-refractivity contribution in [2.45, 2.75) is 13.8 Å². The van der Waals surface area contributed by atoms with E-state index < -0.39 is 17.8 Å². The van der Waals surface area contributed by atoms with Gasteiger partial charge in [0.15, 0.2) is 0 Å². The smallest absolute Gasteiger partial charge is 0.335 e. The normalized spacial score (nSPS) is 10.7. The number of benzene rings is 2. The van der Waals surface area contributed by atoms with Gasteiger partial charge in [0.25, 0.3) is 0 Å². The molecule has 3 rings (SSSR count). The third kappa shape index (κ3) is 5.01. The SMILES string of the molecule is COc1cccc(NC(=O)C(=O)N/N=C/c2cc(C)n(-c3ccc(C(=O)O)cc3)c2C)c1. The van der Waals surface area contributed by atoms with Crippen LogP contribution in [0.15, 0.2) is 59.7 Å². The molecule has 0 spiro atoms. The van der Waals surface area contributed by atoms with Gasteiger partial charge in [-0.15, -0.1) is 0 Å². The summed E-state index contributed by atoms with van der Waals surface area (Å²) in [4.78, 5) is 35.1. The van der Waals surface area contributed by atoms with Crippen molar-refractivity contribution in [2.75, 3.05) is 12.4 Å². The van der Waals surface area contributed by atoms with E-state index in [1.54, 1.807) is 36.4 Å². The van der Waals surface area contributed by atoms with Crippen LogP contribution in [-0.4, -0.2) is 40.8 Å². The third-order valence-electron chi connectivity index (χ3n) is 4.75. The fraction of sp³-hybridized carbons (Fsp3) is 0.130. The van der Waals surface area contributed by atoms with E-state index in [0.29, 0.717) is 11.4 Å². The minimum Gasteiger partial charge on any atom is -0.497 e. The number of nitrogens with one attached hydrogen (secondary N) is 2. The van der Waals surface area contributed by atoms with Gasteiger partial charge in [0.1, 0.15) is 5.75 Å². The molecule has 9 heteroatoms. The number of aromatic carboxylic acids is 1. The number of carbonyl (C=O) groups is 3. The number of carboxylic acids is 1. The lowest BCUT2D eigenvalue weighted by molar-refractivity contribution is -0.136. The summed E-state index contributed by atoms with van der Waals surface area (Å²) in [6.45, 7) is 3.77. The van der Waals surface area contributed by atoms with Crippen LogP contribution in [0.25, 0.3) is 5.69 Å². The molecule has 0 bridgehead atoms. The van der Waals surface area contributed by atoms with Crippen molar-refractivity contribution in [1.29, 1.82) is 0 Å². The van der Waals surface area contributed by atoms with E-state index in [0.717, 1.165) is 22.6 Å². The molecule has 164 valence electrons. The lowest BCUT2D eigenvalue weighted by Crippen LogP contribution is -2.32. The zero-order valence-electron chi connectivity index (χ0n) is 17.7. The summed E-state index contributed by atoms with van der Waals surface area (Å²) in [7, 11) is 1.50. The van der Waals surface area contributed by atoms with Gasteiger partial charge in [0.2, 0.25) is 0 Å². The summed E-state index contributed by atoms with van der Waals surface area (Å²) < 4.78 is 7.01. The van der Waals surface area contributed by atoms with Gasteiger partial charge < -0.3 is 19.7 Å². The minimum atomic E-state index is -0.989. The van der Waals surface area contributed by atoms with Crippen molar-refractivity contribution >= 4 is 29.7 Å². The van der Waals surface area contributed by atoms with Crippen LogP contribution >= 0.6 is 0 Å². The Hall–Kier alpha value is -4.40. The topological polar surface area (TPSA) is 122 Å². The molecule has 0 aliphatic rings. The molecule has 0 fully saturated rings. The number of carbonyl (C=O) groups excluding carboxylic acids is 2. The predicted octanol–water partition coefficient (Wildman–Crippen LogP) is 2.89. The lowest BCUT2D eigenvalue weighted by Gasteiger charge is -2.09. The molecule has 3 aromatic rings. The average molecular weight is 434 g/mol. The average Bonchev–Trinajstić information content (AvgIpc) is 3.06. The van der Waals surface area contributed by atoms with Crippen LogP contribution in [-0.2, 0) is 9.59 Å². The highest BCUT2D eigenvalue weighted by atomic mass is 16.5. The van der Waals surface area contributed by atoms with Crippen LogP contribution in [0.3, 0.4) is 0 Å². The molecule has 1 aromatic heterocycles. The number of aryl methyl sites for hydroxylation is 1. The fourth-order valence-corrected chi connectivity index (χ4v) is 3.17. The molecule has 3 N–H and O–H groups in total. The Labute approximate surface area is 184 Å². The van der Waals surface area contributed by atoms with Gasteiger partial charge in [-0.3, -0.25) is 9.59 Å². The molecular weight excluding hydrogens is 412 g/mol. The molecule has 2 aromatic carbocycles. The highest BCUT2D eigenvalue weighted by molar-refractivity contribution is 6.39. The highest BCUT2D eigenvalue weighted by Gasteiger charge is 2.14. The number of rotatable bonds is 6. The maximum Gasteiger partial charge on any atom is 0.335 e. The molecule has 0 saturated carbocycles. The van der Waals surface area contributed by atoms with Crippen LogP contribution in [0.4, 0.5) is 5.69 Å². The van der Waals surface area contributed by atoms with Gasteiger partial charge in [-0.1, -0.05) is 6.07 Å². The van der Waals surface area contributed by atoms with E-state index in [-0.39, 0.29) is 5.56 Å². The number of carboxylic acid groups (broad SMARTS) is 1. The van der Waals surface area contributed by atoms with Crippen LogP contribution in [0, 0.1) is 13.8 Å². The molecule has 0 unspecified atom stereocenters. The summed E-state index contributed by atoms with van der Waals surface area (Å²) in [6, 6.07) is 15.0. The molecule has 9 nitrogen and oxygen atoms in total. The van der Waals surface area contributed by atoms with E-state index in [4.69, 9.17) is 9.84 Å². The molecular formula is C23H22N4O5. The summed E-state index contributed by atoms with van der Waals surface area (Å²) in [6.07, 6.45) is 1.45. The van der Waals surface area contributed by atoms with Gasteiger partial charge in [0.05, 0.1) is 18.9 Å². The standard InChI is InChI=1S/C23H22N4O5/c1-14-11-17(15(2)27(14)19-9-7-16(8-10-19)23(30)31)13-24-26-22(29)21(28)25-18-5-4-6-20(12-18)32-3/h4-13H,1-3H3,(H,25,28)(H,26,29)(H,30,31)/b24-13+. The number of hydrogen-bond acceptors (Lipinski definition) is 5. The Bertz CT molecular complexity index is 1200. The number of methoxy groups -OCH3 is 1. The van der Waals surface area contributed by atoms with Gasteiger partial charge in [-0.25, -0.2) is 10.2 Å². The predicted molar refractivity (Wildman–Crippen MR) is 120 cm³/mol. The number of hydrogen-bond donors (Lipinski definition) is 3. The second-order valence-corrected chi connectivity index (χ2v) is 6.90. The number of anilines is 1. The van der Waals surface area contributed by atoms with E-state index in [1.165, 1.54) is 25.5 Å². The molecule has 2 amide bonds. The fourth-order valence-electron chi connectivity index (χ4n) is 3.17. The zero-order valence-corrected chi connectivity index (χ0v) is 17.7. The minimum absolute atomic E-state index is 0.202. The Morgan fingerprint density at radius 3 is 2.41 bits per heavy atom. The Morgan fingerprint density at radius 2 is 1.75 bits per heavy atom. The van der Waals surface area contributed by atoms with Crippen molar-refractivity contribution < 1.29 is 24.2 Å². The number of aromatic nitrogens is 1. The van der Waals surface area contributed by atoms with Crippen LogP contribution in [0.5, 0.6) is 5.75 Å². The molecule has 0 atom stereocenters. The second kappa shape index (κ2) is 9.61. The molecule has 32 heavy (non-hydrogen) atoms. The number of ether oxygens (including phenoxy) is 1. The second-order valence-electron chi connectivity index (χ2n) is 6.90. The largest absolute Gasteiger partial charge is 0.497 e. The summed E-state index contributed by atoms with van der Waals surface area (Å²) in [5, 5.41) is 15.4. The van der Waals surface area contributed by atoms with Crippen molar-refractivity contribution in [3.05, 3.63) is 77.1 Å². The molecule has 0 aliphatic carbocycles. The molecule has 0 radical (unpaired) electrons. The van der Waals surface area contributed by atoms with Gasteiger partial charge in [-0.05, 0) is 56.3 Å². The first-order valence-corrected chi connectivity index (χ1v) is 9.61. The van der Waals surface area contributed by atoms with Crippen molar-refractivity contribution in [2.24, 2.45) is 5.10 Å².